The van der Waals surface area contributed by atoms with E-state index in [1.807, 2.05) is 6.08 Å². The van der Waals surface area contributed by atoms with Gasteiger partial charge in [0.2, 0.25) is 0 Å². The van der Waals surface area contributed by atoms with Crippen LogP contribution in [0.1, 0.15) is 72.6 Å². The van der Waals surface area contributed by atoms with Crippen molar-refractivity contribution < 1.29 is 9.59 Å². The molecule has 0 aromatic carbocycles. The molecule has 0 N–H and O–H groups in total. The summed E-state index contributed by atoms with van der Waals surface area (Å²) in [7, 11) is 0. The van der Waals surface area contributed by atoms with Crippen LogP contribution in [-0.2, 0) is 9.59 Å². The maximum absolute atomic E-state index is 12.2. The molecule has 0 amide bonds. The van der Waals surface area contributed by atoms with Gasteiger partial charge in [0.15, 0.2) is 5.78 Å². The SMILES string of the molecule is C.C=C[C@]12CCC(=O)C=C1CC[C@H]1[C@@H]3CC[C@H](C(C)=O)[C@@]3(C)CC[C@@H]12. The van der Waals surface area contributed by atoms with Gasteiger partial charge in [-0.3, -0.25) is 9.59 Å². The molecule has 0 bridgehead atoms. The first kappa shape index (κ1) is 18.6. The van der Waals surface area contributed by atoms with Gasteiger partial charge in [0.05, 0.1) is 0 Å². The number of hydrogen-bond acceptors (Lipinski definition) is 2. The van der Waals surface area contributed by atoms with Crippen LogP contribution in [0.5, 0.6) is 0 Å². The lowest BCUT2D eigenvalue weighted by atomic mass is 9.46. The first-order chi connectivity index (χ1) is 11.4. The maximum atomic E-state index is 12.2. The molecule has 3 saturated carbocycles. The van der Waals surface area contributed by atoms with Crippen LogP contribution in [0.15, 0.2) is 24.3 Å². The fraction of sp³-hybridized carbons (Fsp3) is 0.739. The highest BCUT2D eigenvalue weighted by molar-refractivity contribution is 5.91. The molecule has 0 radical (unpaired) electrons. The molecule has 2 heteroatoms. The topological polar surface area (TPSA) is 34.1 Å². The Bertz CT molecular complexity index is 630. The lowest BCUT2D eigenvalue weighted by Crippen LogP contribution is -2.51. The highest BCUT2D eigenvalue weighted by Crippen LogP contribution is 2.67. The standard InChI is InChI=1S/C22H30O2.CH4/c1-4-22-12-9-16(24)13-15(22)5-6-17-19-8-7-18(14(2)23)21(19,3)11-10-20(17)22;/h4,13,17-20H,1,5-12H2,2-3H3;1H4/t17-,18+,19-,20-,21+,22-;/m0./s1. The quantitative estimate of drug-likeness (QED) is 0.619. The van der Waals surface area contributed by atoms with Crippen molar-refractivity contribution in [3.8, 4) is 0 Å². The van der Waals surface area contributed by atoms with Crippen molar-refractivity contribution in [2.45, 2.75) is 72.6 Å². The van der Waals surface area contributed by atoms with Crippen LogP contribution in [0, 0.1) is 34.5 Å². The van der Waals surface area contributed by atoms with Gasteiger partial charge in [-0.05, 0) is 81.1 Å². The lowest BCUT2D eigenvalue weighted by Gasteiger charge is -2.58. The van der Waals surface area contributed by atoms with E-state index in [0.717, 1.165) is 19.3 Å². The molecule has 3 fully saturated rings. The summed E-state index contributed by atoms with van der Waals surface area (Å²) in [6.07, 6.45) is 12.7. The van der Waals surface area contributed by atoms with Crippen molar-refractivity contribution in [2.75, 3.05) is 0 Å². The molecular weight excluding hydrogens is 308 g/mol. The Balaban J connectivity index is 0.00000182. The number of carbonyl (C=O) groups is 2. The minimum absolute atomic E-state index is 0. The van der Waals surface area contributed by atoms with E-state index in [1.54, 1.807) is 6.92 Å². The van der Waals surface area contributed by atoms with Gasteiger partial charge in [0, 0.05) is 17.8 Å². The van der Waals surface area contributed by atoms with Crippen LogP contribution in [0.2, 0.25) is 0 Å². The van der Waals surface area contributed by atoms with Gasteiger partial charge >= 0.3 is 0 Å². The van der Waals surface area contributed by atoms with Gasteiger partial charge in [0.1, 0.15) is 5.78 Å². The summed E-state index contributed by atoms with van der Waals surface area (Å²) in [6, 6.07) is 0. The summed E-state index contributed by atoms with van der Waals surface area (Å²) in [5.41, 5.74) is 1.63. The number of ketones is 2. The second-order valence-corrected chi connectivity index (χ2v) is 9.08. The molecule has 138 valence electrons. The summed E-state index contributed by atoms with van der Waals surface area (Å²) >= 11 is 0. The number of Topliss-reactive ketones (excluding diaryl/α,β-unsaturated/α-hetero) is 1. The van der Waals surface area contributed by atoms with E-state index in [2.05, 4.69) is 19.6 Å². The van der Waals surface area contributed by atoms with Gasteiger partial charge in [0.25, 0.3) is 0 Å². The zero-order valence-electron chi connectivity index (χ0n) is 15.1. The highest BCUT2D eigenvalue weighted by Gasteiger charge is 2.60. The van der Waals surface area contributed by atoms with Crippen LogP contribution >= 0.6 is 0 Å². The Kier molecular flexibility index (Phi) is 4.62. The molecule has 0 aliphatic heterocycles. The number of fused-ring (bicyclic) bond motifs is 5. The van der Waals surface area contributed by atoms with E-state index in [9.17, 15) is 9.59 Å². The van der Waals surface area contributed by atoms with Crippen molar-refractivity contribution in [1.29, 1.82) is 0 Å². The van der Waals surface area contributed by atoms with E-state index in [4.69, 9.17) is 0 Å². The van der Waals surface area contributed by atoms with Crippen molar-refractivity contribution in [3.63, 3.8) is 0 Å². The monoisotopic (exact) mass is 342 g/mol. The third kappa shape index (κ3) is 2.43. The van der Waals surface area contributed by atoms with E-state index < -0.39 is 0 Å². The van der Waals surface area contributed by atoms with Crippen LogP contribution in [0.25, 0.3) is 0 Å². The first-order valence-electron chi connectivity index (χ1n) is 9.80. The van der Waals surface area contributed by atoms with Crippen molar-refractivity contribution in [1.82, 2.24) is 0 Å². The molecule has 4 aliphatic rings. The van der Waals surface area contributed by atoms with Gasteiger partial charge in [-0.1, -0.05) is 26.0 Å². The number of rotatable bonds is 2. The Morgan fingerprint density at radius 3 is 2.60 bits per heavy atom. The van der Waals surface area contributed by atoms with E-state index in [0.29, 0.717) is 35.7 Å². The molecule has 4 rings (SSSR count). The minimum Gasteiger partial charge on any atom is -0.300 e. The van der Waals surface area contributed by atoms with E-state index in [1.165, 1.54) is 31.3 Å². The summed E-state index contributed by atoms with van der Waals surface area (Å²) in [5, 5.41) is 0. The number of allylic oxidation sites excluding steroid dienone is 2. The molecule has 25 heavy (non-hydrogen) atoms. The third-order valence-corrected chi connectivity index (χ3v) is 8.42. The largest absolute Gasteiger partial charge is 0.300 e. The second-order valence-electron chi connectivity index (χ2n) is 9.08. The predicted molar refractivity (Wildman–Crippen MR) is 102 cm³/mol. The second kappa shape index (κ2) is 6.21. The van der Waals surface area contributed by atoms with E-state index in [-0.39, 0.29) is 24.2 Å². The van der Waals surface area contributed by atoms with Gasteiger partial charge in [-0.15, -0.1) is 6.58 Å². The summed E-state index contributed by atoms with van der Waals surface area (Å²) in [4.78, 5) is 24.1. The number of carbonyl (C=O) groups excluding carboxylic acids is 2. The predicted octanol–water partition coefficient (Wildman–Crippen LogP) is 5.53. The Morgan fingerprint density at radius 2 is 1.92 bits per heavy atom. The zero-order valence-corrected chi connectivity index (χ0v) is 15.1. The molecule has 0 aromatic rings. The molecule has 0 heterocycles. The Labute approximate surface area is 153 Å². The summed E-state index contributed by atoms with van der Waals surface area (Å²) in [6.45, 7) is 8.40. The van der Waals surface area contributed by atoms with E-state index >= 15 is 0 Å². The van der Waals surface area contributed by atoms with Gasteiger partial charge in [-0.25, -0.2) is 0 Å². The van der Waals surface area contributed by atoms with Gasteiger partial charge < -0.3 is 0 Å². The Morgan fingerprint density at radius 1 is 1.16 bits per heavy atom. The molecular formula is C23H34O2. The zero-order chi connectivity index (χ0) is 17.1. The molecule has 4 aliphatic carbocycles. The molecule has 2 nitrogen and oxygen atoms in total. The third-order valence-electron chi connectivity index (χ3n) is 8.42. The summed E-state index contributed by atoms with van der Waals surface area (Å²) < 4.78 is 0. The van der Waals surface area contributed by atoms with Crippen molar-refractivity contribution >= 4 is 11.6 Å². The maximum Gasteiger partial charge on any atom is 0.155 e. The van der Waals surface area contributed by atoms with Crippen LogP contribution < -0.4 is 0 Å². The van der Waals surface area contributed by atoms with Crippen molar-refractivity contribution in [3.05, 3.63) is 24.3 Å². The van der Waals surface area contributed by atoms with Gasteiger partial charge in [-0.2, -0.15) is 0 Å². The lowest BCUT2D eigenvalue weighted by molar-refractivity contribution is -0.128. The Hall–Kier alpha value is -1.18. The minimum atomic E-state index is 0. The molecule has 0 unspecified atom stereocenters. The summed E-state index contributed by atoms with van der Waals surface area (Å²) in [5.74, 6) is 2.99. The molecule has 0 spiro atoms. The molecule has 6 atom stereocenters. The fourth-order valence-electron chi connectivity index (χ4n) is 7.32. The van der Waals surface area contributed by atoms with Crippen LogP contribution in [0.3, 0.4) is 0 Å². The molecule has 0 saturated heterocycles. The smallest absolute Gasteiger partial charge is 0.155 e. The fourth-order valence-corrected chi connectivity index (χ4v) is 7.32. The van der Waals surface area contributed by atoms with Crippen LogP contribution in [-0.4, -0.2) is 11.6 Å². The number of hydrogen-bond donors (Lipinski definition) is 0. The normalized spacial score (nSPS) is 45.4. The average Bonchev–Trinajstić information content (AvgIpc) is 2.91. The van der Waals surface area contributed by atoms with Crippen molar-refractivity contribution in [2.24, 2.45) is 34.5 Å². The molecule has 0 aromatic heterocycles. The highest BCUT2D eigenvalue weighted by atomic mass is 16.1. The van der Waals surface area contributed by atoms with Crippen LogP contribution in [0.4, 0.5) is 0 Å². The average molecular weight is 343 g/mol. The first-order valence-corrected chi connectivity index (χ1v) is 9.80.